The summed E-state index contributed by atoms with van der Waals surface area (Å²) in [4.78, 5) is 8.97. The summed E-state index contributed by atoms with van der Waals surface area (Å²) in [6.07, 6.45) is 1.07. The number of hydrogen-bond acceptors (Lipinski definition) is 7. The second-order valence-corrected chi connectivity index (χ2v) is 22.4. The van der Waals surface area contributed by atoms with Gasteiger partial charge >= 0.3 is 0 Å². The molecule has 7 rings (SSSR count). The van der Waals surface area contributed by atoms with Gasteiger partial charge in [0.1, 0.15) is 49.6 Å². The Labute approximate surface area is 336 Å². The molecule has 3 aliphatic heterocycles. The number of nitrogens with zero attached hydrogens (tertiary/aromatic N) is 4. The maximum Gasteiger partial charge on any atom is 0.234 e. The molecular weight excluding hydrogens is 751 g/mol. The minimum atomic E-state index is -2.28. The number of hydrogen-bond donors (Lipinski definition) is 2. The molecule has 2 N–H and O–H groups in total. The molecule has 56 heavy (non-hydrogen) atoms. The minimum absolute atomic E-state index is 0. The van der Waals surface area contributed by atoms with Gasteiger partial charge in [-0.25, -0.2) is 18.2 Å². The number of nitrogens with one attached hydrogen (secondary N) is 1. The quantitative estimate of drug-likeness (QED) is 0.136. The third kappa shape index (κ3) is 6.99. The van der Waals surface area contributed by atoms with Gasteiger partial charge in [-0.3, -0.25) is 4.90 Å². The van der Waals surface area contributed by atoms with Crippen LogP contribution in [0.1, 0.15) is 78.9 Å². The van der Waals surface area contributed by atoms with Crippen molar-refractivity contribution in [2.75, 3.05) is 44.2 Å². The Bertz CT molecular complexity index is 2230. The summed E-state index contributed by atoms with van der Waals surface area (Å²) in [6.45, 7) is 18.4. The number of benzene rings is 3. The molecule has 12 heteroatoms. The highest BCUT2D eigenvalue weighted by Gasteiger charge is 2.49. The Hall–Kier alpha value is -4.00. The Balaban J connectivity index is 0.00000532. The zero-order chi connectivity index (χ0) is 39.4. The summed E-state index contributed by atoms with van der Waals surface area (Å²) in [5, 5.41) is 26.4. The number of phenols is 1. The third-order valence-electron chi connectivity index (χ3n) is 12.8. The molecule has 7 nitrogen and oxygen atoms in total. The van der Waals surface area contributed by atoms with Crippen molar-refractivity contribution >= 4 is 47.8 Å². The molecule has 3 aliphatic rings. The van der Waals surface area contributed by atoms with Crippen molar-refractivity contribution < 1.29 is 23.0 Å². The van der Waals surface area contributed by atoms with Crippen LogP contribution in [0.4, 0.5) is 18.9 Å². The van der Waals surface area contributed by atoms with Gasteiger partial charge in [0.2, 0.25) is 5.88 Å². The third-order valence-corrected chi connectivity index (χ3v) is 19.1. The van der Waals surface area contributed by atoms with Crippen molar-refractivity contribution in [2.45, 2.75) is 102 Å². The fourth-order valence-electron chi connectivity index (χ4n) is 10.2. The van der Waals surface area contributed by atoms with Gasteiger partial charge in [-0.2, -0.15) is 5.26 Å². The van der Waals surface area contributed by atoms with E-state index in [1.165, 1.54) is 12.1 Å². The number of nitriles is 1. The predicted molar refractivity (Wildman–Crippen MR) is 224 cm³/mol. The maximum absolute atomic E-state index is 17.5. The van der Waals surface area contributed by atoms with Gasteiger partial charge in [-0.05, 0) is 78.1 Å². The van der Waals surface area contributed by atoms with Gasteiger partial charge in [-0.15, -0.1) is 18.0 Å². The minimum Gasteiger partial charge on any atom is -0.508 e. The van der Waals surface area contributed by atoms with Gasteiger partial charge < -0.3 is 20.1 Å². The van der Waals surface area contributed by atoms with E-state index in [1.54, 1.807) is 24.3 Å². The first kappa shape index (κ1) is 41.6. The van der Waals surface area contributed by atoms with Crippen molar-refractivity contribution in [2.24, 2.45) is 0 Å². The monoisotopic (exact) mass is 803 g/mol. The Morgan fingerprint density at radius 2 is 1.77 bits per heavy atom. The van der Waals surface area contributed by atoms with Crippen LogP contribution in [0.5, 0.6) is 11.6 Å². The van der Waals surface area contributed by atoms with E-state index in [0.29, 0.717) is 71.1 Å². The van der Waals surface area contributed by atoms with Crippen LogP contribution in [0.3, 0.4) is 0 Å². The zero-order valence-corrected chi connectivity index (χ0v) is 35.2. The van der Waals surface area contributed by atoms with Crippen molar-refractivity contribution in [1.82, 2.24) is 15.2 Å². The molecule has 3 saturated heterocycles. The largest absolute Gasteiger partial charge is 0.508 e. The number of ether oxygens (including phenoxy) is 1. The topological polar surface area (TPSA) is 84.6 Å². The summed E-state index contributed by atoms with van der Waals surface area (Å²) in [5.41, 5.74) is 5.39. The van der Waals surface area contributed by atoms with E-state index in [4.69, 9.17) is 9.72 Å². The lowest BCUT2D eigenvalue weighted by molar-refractivity contribution is 0.110. The number of fused-ring (bicyclic) bond motifs is 3. The molecule has 0 unspecified atom stereocenters. The Kier molecular flexibility index (Phi) is 12.0. The van der Waals surface area contributed by atoms with Gasteiger partial charge in [0.05, 0.1) is 16.8 Å². The highest BCUT2D eigenvalue weighted by molar-refractivity contribution is 6.90. The van der Waals surface area contributed by atoms with Crippen molar-refractivity contribution in [3.8, 4) is 40.3 Å². The molecule has 0 aliphatic carbocycles. The fourth-order valence-corrected chi connectivity index (χ4v) is 15.4. The van der Waals surface area contributed by atoms with Crippen LogP contribution in [-0.2, 0) is 0 Å². The number of rotatable bonds is 8. The summed E-state index contributed by atoms with van der Waals surface area (Å²) >= 11 is 0. The first-order valence-electron chi connectivity index (χ1n) is 19.8. The smallest absolute Gasteiger partial charge is 0.234 e. The van der Waals surface area contributed by atoms with Gasteiger partial charge in [-0.1, -0.05) is 59.6 Å². The molecule has 1 aromatic heterocycles. The van der Waals surface area contributed by atoms with E-state index in [9.17, 15) is 14.8 Å². The van der Waals surface area contributed by atoms with Crippen molar-refractivity contribution in [3.05, 3.63) is 59.2 Å². The highest BCUT2D eigenvalue weighted by Crippen LogP contribution is 2.45. The van der Waals surface area contributed by atoms with Crippen LogP contribution in [-0.4, -0.2) is 80.1 Å². The van der Waals surface area contributed by atoms with E-state index < -0.39 is 31.4 Å². The van der Waals surface area contributed by atoms with Crippen LogP contribution in [0.15, 0.2) is 36.4 Å². The number of phenolic OH excluding ortho intramolecular Hbond substituents is 1. The fraction of sp³-hybridized carbons (Fsp3) is 0.500. The molecule has 298 valence electrons. The SMILES string of the molecule is CC(C)[Si](C#Cc1c(F)ccc2cc(O)cc(-c3ccc4c(N5CCNC[C@H]5C)c(C#N)c(OC[C@@]56CCCN5C[C@H](F)C6)nc4c3F)c12)(C(C)C)C(C)C.Cl. The molecule has 0 bridgehead atoms. The van der Waals surface area contributed by atoms with Crippen LogP contribution in [0.2, 0.25) is 16.6 Å². The van der Waals surface area contributed by atoms with Gasteiger partial charge in [0.15, 0.2) is 5.82 Å². The second-order valence-electron chi connectivity index (χ2n) is 16.8. The molecule has 3 atom stereocenters. The van der Waals surface area contributed by atoms with Crippen LogP contribution in [0.25, 0.3) is 32.8 Å². The summed E-state index contributed by atoms with van der Waals surface area (Å²) < 4.78 is 54.7. The normalized spacial score (nSPS) is 21.4. The molecule has 0 saturated carbocycles. The first-order valence-corrected chi connectivity index (χ1v) is 22.0. The van der Waals surface area contributed by atoms with E-state index in [-0.39, 0.29) is 64.5 Å². The maximum atomic E-state index is 17.5. The number of anilines is 1. The highest BCUT2D eigenvalue weighted by atomic mass is 35.5. The molecule has 0 spiro atoms. The molecule has 0 radical (unpaired) electrons. The Morgan fingerprint density at radius 1 is 1.04 bits per heavy atom. The van der Waals surface area contributed by atoms with Crippen molar-refractivity contribution in [3.63, 3.8) is 0 Å². The molecule has 3 fully saturated rings. The summed E-state index contributed by atoms with van der Waals surface area (Å²) in [5.74, 6) is 1.99. The number of alkyl halides is 1. The van der Waals surface area contributed by atoms with E-state index in [1.807, 2.05) is 6.92 Å². The lowest BCUT2D eigenvalue weighted by Gasteiger charge is -2.38. The average Bonchev–Trinajstić information content (AvgIpc) is 3.66. The van der Waals surface area contributed by atoms with E-state index in [2.05, 4.69) is 74.2 Å². The second kappa shape index (κ2) is 16.1. The number of pyridine rings is 1. The number of aromatic hydroxyl groups is 1. The van der Waals surface area contributed by atoms with Gasteiger partial charge in [0.25, 0.3) is 0 Å². The number of halogens is 4. The van der Waals surface area contributed by atoms with E-state index in [0.717, 1.165) is 19.4 Å². The summed E-state index contributed by atoms with van der Waals surface area (Å²) in [6, 6.07) is 11.6. The van der Waals surface area contributed by atoms with Crippen LogP contribution in [0, 0.1) is 34.4 Å². The molecule has 0 amide bonds. The summed E-state index contributed by atoms with van der Waals surface area (Å²) in [7, 11) is -2.28. The van der Waals surface area contributed by atoms with E-state index >= 15 is 8.78 Å². The number of aromatic nitrogens is 1. The van der Waals surface area contributed by atoms with Crippen LogP contribution < -0.4 is 15.0 Å². The lowest BCUT2D eigenvalue weighted by atomic mass is 9.92. The zero-order valence-electron chi connectivity index (χ0n) is 33.4. The lowest BCUT2D eigenvalue weighted by Crippen LogP contribution is -2.50. The first-order chi connectivity index (χ1) is 26.2. The average molecular weight is 804 g/mol. The predicted octanol–water partition coefficient (Wildman–Crippen LogP) is 9.66. The van der Waals surface area contributed by atoms with Crippen LogP contribution >= 0.6 is 12.4 Å². The Morgan fingerprint density at radius 3 is 2.45 bits per heavy atom. The molecule has 3 aromatic carbocycles. The molecule has 4 aromatic rings. The number of piperazine rings is 1. The van der Waals surface area contributed by atoms with Crippen molar-refractivity contribution in [1.29, 1.82) is 5.26 Å². The standard InChI is InChI=1S/C44H52F3N5O2Si.ClH/c1-26(2)55(27(3)4,28(5)6)18-13-34-38(46)12-9-30-19-32(53)20-36(39(30)34)33-10-11-35-41(40(33)47)50-43(37(22-48)42(35)52-17-15-49-23-29(52)7)54-25-44-14-8-16-51(44)24-31(45)21-44;/h9-12,19-20,26-29,31,49,53H,8,14-17,21,23-25H2,1-7H3;1H/t29-,31-,44+;/m1./s1. The van der Waals surface area contributed by atoms with Gasteiger partial charge in [0, 0.05) is 55.0 Å². The molecule has 4 heterocycles. The molecular formula is C44H53ClF3N5O2Si.